The van der Waals surface area contributed by atoms with Gasteiger partial charge >= 0.3 is 12.2 Å². The van der Waals surface area contributed by atoms with E-state index < -0.39 is 24.2 Å². The summed E-state index contributed by atoms with van der Waals surface area (Å²) in [6.45, 7) is 0.364. The van der Waals surface area contributed by atoms with E-state index in [9.17, 15) is 18.0 Å². The quantitative estimate of drug-likeness (QED) is 0.439. The van der Waals surface area contributed by atoms with Crippen LogP contribution in [-0.4, -0.2) is 45.4 Å². The SMILES string of the molecule is CNc1cc(NC(=O)N2C[C@@](C)(C(F)(F)F)c3c2cnc2cc(Cl)nn32)cnc1N1C=CNN1. The van der Waals surface area contributed by atoms with E-state index in [1.807, 2.05) is 0 Å². The van der Waals surface area contributed by atoms with Crippen LogP contribution in [0.2, 0.25) is 5.15 Å². The topological polar surface area (TPSA) is 115 Å². The van der Waals surface area contributed by atoms with Crippen LogP contribution in [0.4, 0.5) is 40.8 Å². The van der Waals surface area contributed by atoms with Crippen LogP contribution in [0.5, 0.6) is 0 Å². The van der Waals surface area contributed by atoms with Crippen LogP contribution >= 0.6 is 11.6 Å². The van der Waals surface area contributed by atoms with Gasteiger partial charge in [0.15, 0.2) is 16.6 Å². The van der Waals surface area contributed by atoms with Gasteiger partial charge in [0.25, 0.3) is 0 Å². The summed E-state index contributed by atoms with van der Waals surface area (Å²) in [4.78, 5) is 22.6. The summed E-state index contributed by atoms with van der Waals surface area (Å²) in [5.41, 5.74) is 4.02. The van der Waals surface area contributed by atoms with Gasteiger partial charge in [-0.2, -0.15) is 18.3 Å². The van der Waals surface area contributed by atoms with Crippen molar-refractivity contribution in [3.8, 4) is 0 Å². The molecule has 0 unspecified atom stereocenters. The van der Waals surface area contributed by atoms with Crippen LogP contribution in [0, 0.1) is 0 Å². The smallest absolute Gasteiger partial charge is 0.385 e. The molecule has 15 heteroatoms. The second kappa shape index (κ2) is 7.63. The number of carbonyl (C=O) groups excluding carboxylic acids is 1. The highest BCUT2D eigenvalue weighted by molar-refractivity contribution is 6.29. The van der Waals surface area contributed by atoms with E-state index in [1.54, 1.807) is 30.5 Å². The van der Waals surface area contributed by atoms with Crippen LogP contribution in [-0.2, 0) is 5.41 Å². The lowest BCUT2D eigenvalue weighted by molar-refractivity contribution is -0.181. The molecule has 0 aromatic carbocycles. The summed E-state index contributed by atoms with van der Waals surface area (Å²) in [5.74, 6) is 0.514. The normalized spacial score (nSPS) is 19.5. The minimum atomic E-state index is -4.67. The fourth-order valence-electron chi connectivity index (χ4n) is 3.96. The van der Waals surface area contributed by atoms with Crippen LogP contribution in [0.3, 0.4) is 0 Å². The van der Waals surface area contributed by atoms with E-state index in [-0.39, 0.29) is 27.9 Å². The van der Waals surface area contributed by atoms with Crippen molar-refractivity contribution in [3.63, 3.8) is 0 Å². The molecule has 0 saturated heterocycles. The number of amides is 2. The molecule has 178 valence electrons. The Morgan fingerprint density at radius 3 is 2.74 bits per heavy atom. The maximum atomic E-state index is 14.2. The number of urea groups is 1. The number of fused-ring (bicyclic) bond motifs is 3. The average molecular weight is 495 g/mol. The third-order valence-corrected chi connectivity index (χ3v) is 5.88. The van der Waals surface area contributed by atoms with Gasteiger partial charge in [0.2, 0.25) is 0 Å². The molecule has 0 radical (unpaired) electrons. The number of carbonyl (C=O) groups is 1. The fraction of sp³-hybridized carbons (Fsp3) is 0.263. The Morgan fingerprint density at radius 2 is 2.06 bits per heavy atom. The van der Waals surface area contributed by atoms with Gasteiger partial charge in [-0.1, -0.05) is 11.6 Å². The Morgan fingerprint density at radius 1 is 1.26 bits per heavy atom. The first kappa shape index (κ1) is 22.0. The van der Waals surface area contributed by atoms with Crippen LogP contribution in [0.15, 0.2) is 36.9 Å². The summed E-state index contributed by atoms with van der Waals surface area (Å²) < 4.78 is 43.7. The van der Waals surface area contributed by atoms with Crippen LogP contribution < -0.4 is 31.5 Å². The van der Waals surface area contributed by atoms with Crippen LogP contribution in [0.1, 0.15) is 12.6 Å². The number of nitrogens with zero attached hydrogens (tertiary/aromatic N) is 6. The molecule has 0 aliphatic carbocycles. The van der Waals surface area contributed by atoms with Gasteiger partial charge in [-0.15, -0.1) is 5.53 Å². The average Bonchev–Trinajstić information content (AvgIpc) is 3.50. The molecule has 4 N–H and O–H groups in total. The molecule has 5 rings (SSSR count). The monoisotopic (exact) mass is 494 g/mol. The van der Waals surface area contributed by atoms with Gasteiger partial charge in [-0.25, -0.2) is 24.3 Å². The lowest BCUT2D eigenvalue weighted by atomic mass is 9.88. The largest absolute Gasteiger partial charge is 0.401 e. The molecular weight excluding hydrogens is 477 g/mol. The Hall–Kier alpha value is -3.78. The summed E-state index contributed by atoms with van der Waals surface area (Å²) in [5, 5.41) is 11.2. The number of anilines is 4. The van der Waals surface area contributed by atoms with Gasteiger partial charge < -0.3 is 16.1 Å². The molecular formula is C19H18ClF3N10O. The van der Waals surface area contributed by atoms with E-state index in [0.717, 1.165) is 16.3 Å². The summed E-state index contributed by atoms with van der Waals surface area (Å²) in [6.07, 6.45) is 1.32. The van der Waals surface area contributed by atoms with Gasteiger partial charge in [-0.3, -0.25) is 4.90 Å². The van der Waals surface area contributed by atoms with Gasteiger partial charge in [0.1, 0.15) is 5.41 Å². The number of nitrogens with one attached hydrogen (secondary N) is 4. The Bertz CT molecular complexity index is 1330. The number of hydrazine groups is 2. The zero-order chi connectivity index (χ0) is 24.3. The Labute approximate surface area is 195 Å². The molecule has 11 nitrogen and oxygen atoms in total. The van der Waals surface area contributed by atoms with Crippen molar-refractivity contribution in [2.45, 2.75) is 18.5 Å². The van der Waals surface area contributed by atoms with Crippen molar-refractivity contribution >= 4 is 46.2 Å². The number of alkyl halides is 3. The van der Waals surface area contributed by atoms with Crippen molar-refractivity contribution in [2.24, 2.45) is 0 Å². The summed E-state index contributed by atoms with van der Waals surface area (Å²) >= 11 is 5.91. The Kier molecular flexibility index (Phi) is 4.95. The standard InChI is InChI=1S/C19H18ClF3N10O/c1-18(19(21,22)23)9-31(12-8-25-14-6-13(20)29-33(14)15(12)18)17(34)28-10-5-11(24-2)16(26-7-10)32-4-3-27-30-32/h3-8,24,27,30H,9H2,1-2H3,(H,28,34)/t18-/m1/s1. The minimum Gasteiger partial charge on any atom is -0.385 e. The number of halogens is 4. The zero-order valence-electron chi connectivity index (χ0n) is 17.8. The van der Waals surface area contributed by atoms with Crippen LogP contribution in [0.25, 0.3) is 5.65 Å². The van der Waals surface area contributed by atoms with Gasteiger partial charge in [0, 0.05) is 32.1 Å². The lowest BCUT2D eigenvalue weighted by Gasteiger charge is -2.28. The highest BCUT2D eigenvalue weighted by Crippen LogP contribution is 2.50. The minimum absolute atomic E-state index is 0.00313. The van der Waals surface area contributed by atoms with E-state index in [2.05, 4.69) is 36.7 Å². The maximum Gasteiger partial charge on any atom is 0.401 e. The predicted molar refractivity (Wildman–Crippen MR) is 119 cm³/mol. The third kappa shape index (κ3) is 3.33. The van der Waals surface area contributed by atoms with E-state index in [4.69, 9.17) is 11.6 Å². The molecule has 0 bridgehead atoms. The first-order chi connectivity index (χ1) is 16.1. The molecule has 0 fully saturated rings. The van der Waals surface area contributed by atoms with Crippen molar-refractivity contribution in [1.82, 2.24) is 30.5 Å². The van der Waals surface area contributed by atoms with Gasteiger partial charge in [0.05, 0.1) is 35.1 Å². The van der Waals surface area contributed by atoms with Crippen molar-refractivity contribution in [1.29, 1.82) is 0 Å². The predicted octanol–water partition coefficient (Wildman–Crippen LogP) is 2.99. The molecule has 3 aromatic heterocycles. The fourth-order valence-corrected chi connectivity index (χ4v) is 4.14. The Balaban J connectivity index is 1.50. The highest BCUT2D eigenvalue weighted by Gasteiger charge is 2.60. The molecule has 0 spiro atoms. The number of aromatic nitrogens is 4. The van der Waals surface area contributed by atoms with Crippen molar-refractivity contribution in [2.75, 3.05) is 34.1 Å². The van der Waals surface area contributed by atoms with Gasteiger partial charge in [-0.05, 0) is 13.0 Å². The highest BCUT2D eigenvalue weighted by atomic mass is 35.5. The second-order valence-corrected chi connectivity index (χ2v) is 8.25. The van der Waals surface area contributed by atoms with E-state index in [1.165, 1.54) is 18.5 Å². The second-order valence-electron chi connectivity index (χ2n) is 7.86. The number of hydrogen-bond donors (Lipinski definition) is 4. The first-order valence-electron chi connectivity index (χ1n) is 9.97. The number of hydrogen-bond acceptors (Lipinski definition) is 8. The molecule has 2 aliphatic rings. The molecule has 1 atom stereocenters. The van der Waals surface area contributed by atoms with Crippen molar-refractivity contribution in [3.05, 3.63) is 47.8 Å². The van der Waals surface area contributed by atoms with Crippen molar-refractivity contribution < 1.29 is 18.0 Å². The third-order valence-electron chi connectivity index (χ3n) is 5.70. The lowest BCUT2D eigenvalue weighted by Crippen LogP contribution is -2.46. The number of pyridine rings is 1. The first-order valence-corrected chi connectivity index (χ1v) is 10.3. The zero-order valence-corrected chi connectivity index (χ0v) is 18.5. The van der Waals surface area contributed by atoms with E-state index in [0.29, 0.717) is 11.5 Å². The molecule has 34 heavy (non-hydrogen) atoms. The molecule has 0 saturated carbocycles. The molecule has 2 aliphatic heterocycles. The molecule has 5 heterocycles. The maximum absolute atomic E-state index is 14.2. The summed E-state index contributed by atoms with van der Waals surface area (Å²) in [7, 11) is 1.68. The van der Waals surface area contributed by atoms with E-state index >= 15 is 0 Å². The molecule has 3 aromatic rings. The number of rotatable bonds is 3. The molecule has 2 amide bonds. The summed E-state index contributed by atoms with van der Waals surface area (Å²) in [6, 6.07) is 2.20.